The monoisotopic (exact) mass is 238 g/mol. The Kier molecular flexibility index (Phi) is 5.80. The second-order valence-corrected chi connectivity index (χ2v) is 4.25. The summed E-state index contributed by atoms with van der Waals surface area (Å²) in [4.78, 5) is 7.61. The Morgan fingerprint density at radius 2 is 1.88 bits per heavy atom. The van der Waals surface area contributed by atoms with E-state index in [4.69, 9.17) is 9.57 Å². The number of hydrogen-bond donors (Lipinski definition) is 1. The SMILES string of the molecule is COc1ccc(NOCCN(C)C(C)C)cc1. The lowest BCUT2D eigenvalue weighted by Crippen LogP contribution is -2.30. The second-order valence-electron chi connectivity index (χ2n) is 4.25. The Morgan fingerprint density at radius 3 is 2.41 bits per heavy atom. The van der Waals surface area contributed by atoms with Gasteiger partial charge in [0.25, 0.3) is 0 Å². The largest absolute Gasteiger partial charge is 0.497 e. The van der Waals surface area contributed by atoms with Crippen molar-refractivity contribution >= 4 is 5.69 Å². The number of ether oxygens (including phenoxy) is 1. The molecule has 4 heteroatoms. The average Bonchev–Trinajstić information content (AvgIpc) is 2.35. The second kappa shape index (κ2) is 7.14. The normalized spacial score (nSPS) is 10.9. The lowest BCUT2D eigenvalue weighted by atomic mass is 10.3. The number of hydrogen-bond acceptors (Lipinski definition) is 4. The molecule has 1 rings (SSSR count). The first-order valence-corrected chi connectivity index (χ1v) is 5.85. The van der Waals surface area contributed by atoms with E-state index in [0.717, 1.165) is 18.0 Å². The van der Waals surface area contributed by atoms with Gasteiger partial charge in [0, 0.05) is 12.6 Å². The van der Waals surface area contributed by atoms with Crippen molar-refractivity contribution in [3.05, 3.63) is 24.3 Å². The smallest absolute Gasteiger partial charge is 0.119 e. The third-order valence-electron chi connectivity index (χ3n) is 2.71. The summed E-state index contributed by atoms with van der Waals surface area (Å²) in [5.41, 5.74) is 3.84. The van der Waals surface area contributed by atoms with Gasteiger partial charge in [0.05, 0.1) is 19.4 Å². The number of nitrogens with zero attached hydrogens (tertiary/aromatic N) is 1. The molecule has 4 nitrogen and oxygen atoms in total. The molecule has 0 spiro atoms. The predicted octanol–water partition coefficient (Wildman–Crippen LogP) is 2.38. The Hall–Kier alpha value is -1.26. The average molecular weight is 238 g/mol. The van der Waals surface area contributed by atoms with Crippen molar-refractivity contribution in [1.82, 2.24) is 4.90 Å². The summed E-state index contributed by atoms with van der Waals surface area (Å²) < 4.78 is 5.08. The minimum atomic E-state index is 0.541. The molecule has 0 radical (unpaired) electrons. The van der Waals surface area contributed by atoms with Gasteiger partial charge in [-0.15, -0.1) is 0 Å². The Labute approximate surface area is 103 Å². The van der Waals surface area contributed by atoms with Crippen molar-refractivity contribution in [3.63, 3.8) is 0 Å². The van der Waals surface area contributed by atoms with Crippen molar-refractivity contribution in [2.45, 2.75) is 19.9 Å². The van der Waals surface area contributed by atoms with E-state index in [2.05, 4.69) is 31.3 Å². The van der Waals surface area contributed by atoms with Gasteiger partial charge in [-0.3, -0.25) is 10.3 Å². The van der Waals surface area contributed by atoms with Crippen LogP contribution in [0.3, 0.4) is 0 Å². The standard InChI is InChI=1S/C13H22N2O2/c1-11(2)15(3)9-10-17-14-12-5-7-13(16-4)8-6-12/h5-8,11,14H,9-10H2,1-4H3. The van der Waals surface area contributed by atoms with Crippen LogP contribution in [0.1, 0.15) is 13.8 Å². The molecule has 0 atom stereocenters. The topological polar surface area (TPSA) is 33.7 Å². The maximum Gasteiger partial charge on any atom is 0.119 e. The minimum Gasteiger partial charge on any atom is -0.497 e. The van der Waals surface area contributed by atoms with Crippen LogP contribution in [0.4, 0.5) is 5.69 Å². The third-order valence-corrected chi connectivity index (χ3v) is 2.71. The van der Waals surface area contributed by atoms with Gasteiger partial charge in [0.1, 0.15) is 5.75 Å². The van der Waals surface area contributed by atoms with Gasteiger partial charge < -0.3 is 9.64 Å². The van der Waals surface area contributed by atoms with Crippen LogP contribution in [-0.2, 0) is 4.84 Å². The molecule has 96 valence electrons. The van der Waals surface area contributed by atoms with Gasteiger partial charge in [-0.1, -0.05) is 0 Å². The van der Waals surface area contributed by atoms with Crippen LogP contribution in [-0.4, -0.2) is 38.3 Å². The lowest BCUT2D eigenvalue weighted by Gasteiger charge is -2.20. The molecule has 0 fully saturated rings. The van der Waals surface area contributed by atoms with Crippen LogP contribution in [0.5, 0.6) is 5.75 Å². The van der Waals surface area contributed by atoms with Gasteiger partial charge >= 0.3 is 0 Å². The van der Waals surface area contributed by atoms with Crippen molar-refractivity contribution in [2.75, 3.05) is 32.8 Å². The molecule has 0 aliphatic carbocycles. The fraction of sp³-hybridized carbons (Fsp3) is 0.538. The molecule has 1 aromatic carbocycles. The molecule has 0 saturated carbocycles. The number of likely N-dealkylation sites (N-methyl/N-ethyl adjacent to an activating group) is 1. The number of rotatable bonds is 7. The summed E-state index contributed by atoms with van der Waals surface area (Å²) >= 11 is 0. The van der Waals surface area contributed by atoms with Gasteiger partial charge in [-0.25, -0.2) is 0 Å². The predicted molar refractivity (Wildman–Crippen MR) is 70.3 cm³/mol. The molecular weight excluding hydrogens is 216 g/mol. The molecule has 17 heavy (non-hydrogen) atoms. The van der Waals surface area contributed by atoms with E-state index in [-0.39, 0.29) is 0 Å². The van der Waals surface area contributed by atoms with E-state index in [1.165, 1.54) is 0 Å². The summed E-state index contributed by atoms with van der Waals surface area (Å²) in [7, 11) is 3.74. The van der Waals surface area contributed by atoms with E-state index >= 15 is 0 Å². The Balaban J connectivity index is 2.22. The molecule has 0 aliphatic rings. The van der Waals surface area contributed by atoms with Crippen LogP contribution in [0.2, 0.25) is 0 Å². The highest BCUT2D eigenvalue weighted by molar-refractivity contribution is 5.44. The van der Waals surface area contributed by atoms with Crippen LogP contribution >= 0.6 is 0 Å². The fourth-order valence-electron chi connectivity index (χ4n) is 1.24. The highest BCUT2D eigenvalue weighted by atomic mass is 16.6. The highest BCUT2D eigenvalue weighted by Gasteiger charge is 2.02. The van der Waals surface area contributed by atoms with Crippen LogP contribution in [0.15, 0.2) is 24.3 Å². The summed E-state index contributed by atoms with van der Waals surface area (Å²) in [5, 5.41) is 0. The number of anilines is 1. The molecule has 0 heterocycles. The molecule has 0 bridgehead atoms. The Bertz CT molecular complexity index is 312. The fourth-order valence-corrected chi connectivity index (χ4v) is 1.24. The highest BCUT2D eigenvalue weighted by Crippen LogP contribution is 2.14. The van der Waals surface area contributed by atoms with Crippen LogP contribution in [0.25, 0.3) is 0 Å². The molecule has 0 unspecified atom stereocenters. The number of benzene rings is 1. The molecular formula is C13H22N2O2. The molecule has 1 N–H and O–H groups in total. The van der Waals surface area contributed by atoms with Crippen LogP contribution in [0, 0.1) is 0 Å². The van der Waals surface area contributed by atoms with E-state index in [1.54, 1.807) is 7.11 Å². The van der Waals surface area contributed by atoms with Crippen molar-refractivity contribution < 1.29 is 9.57 Å². The molecule has 0 aromatic heterocycles. The zero-order valence-corrected chi connectivity index (χ0v) is 11.1. The summed E-state index contributed by atoms with van der Waals surface area (Å²) in [6, 6.07) is 8.17. The lowest BCUT2D eigenvalue weighted by molar-refractivity contribution is 0.144. The zero-order chi connectivity index (χ0) is 12.7. The maximum absolute atomic E-state index is 5.38. The van der Waals surface area contributed by atoms with Crippen molar-refractivity contribution in [2.24, 2.45) is 0 Å². The zero-order valence-electron chi connectivity index (χ0n) is 11.1. The van der Waals surface area contributed by atoms with E-state index in [1.807, 2.05) is 24.3 Å². The third kappa shape index (κ3) is 5.06. The van der Waals surface area contributed by atoms with E-state index in [0.29, 0.717) is 12.6 Å². The van der Waals surface area contributed by atoms with Crippen molar-refractivity contribution in [1.29, 1.82) is 0 Å². The number of methoxy groups -OCH3 is 1. The first-order chi connectivity index (χ1) is 8.13. The molecule has 1 aromatic rings. The van der Waals surface area contributed by atoms with Crippen LogP contribution < -0.4 is 10.2 Å². The van der Waals surface area contributed by atoms with E-state index < -0.39 is 0 Å². The van der Waals surface area contributed by atoms with Gasteiger partial charge in [0.2, 0.25) is 0 Å². The van der Waals surface area contributed by atoms with E-state index in [9.17, 15) is 0 Å². The first kappa shape index (κ1) is 13.8. The Morgan fingerprint density at radius 1 is 1.24 bits per heavy atom. The first-order valence-electron chi connectivity index (χ1n) is 5.85. The minimum absolute atomic E-state index is 0.541. The molecule has 0 saturated heterocycles. The summed E-state index contributed by atoms with van der Waals surface area (Å²) in [6.45, 7) is 5.88. The molecule has 0 aliphatic heterocycles. The quantitative estimate of drug-likeness (QED) is 0.584. The molecule has 0 amide bonds. The van der Waals surface area contributed by atoms with Crippen molar-refractivity contribution in [3.8, 4) is 5.75 Å². The van der Waals surface area contributed by atoms with Gasteiger partial charge in [-0.2, -0.15) is 0 Å². The number of nitrogens with one attached hydrogen (secondary N) is 1. The van der Waals surface area contributed by atoms with Gasteiger partial charge in [0.15, 0.2) is 0 Å². The summed E-state index contributed by atoms with van der Waals surface area (Å²) in [6.07, 6.45) is 0. The maximum atomic E-state index is 5.38. The summed E-state index contributed by atoms with van der Waals surface area (Å²) in [5.74, 6) is 0.843. The van der Waals surface area contributed by atoms with Gasteiger partial charge in [-0.05, 0) is 45.2 Å².